The van der Waals surface area contributed by atoms with Crippen LogP contribution in [0.4, 0.5) is 0 Å². The molecule has 0 spiro atoms. The van der Waals surface area contributed by atoms with Crippen molar-refractivity contribution in [2.45, 2.75) is 39.7 Å². The standard InChI is InChI=1S/C12H19O5P/c1-9(2)11-5-7-12(8-6-11)16-18(13,14)17-15-10(3)4/h5-10H,1-4H3,(H,13,14). The lowest BCUT2D eigenvalue weighted by atomic mass is 10.0. The average Bonchev–Trinajstić information content (AvgIpc) is 2.27. The maximum absolute atomic E-state index is 11.5. The first-order valence-electron chi connectivity index (χ1n) is 5.77. The monoisotopic (exact) mass is 274 g/mol. The largest absolute Gasteiger partial charge is 0.555 e. The van der Waals surface area contributed by atoms with E-state index in [1.165, 1.54) is 0 Å². The molecular formula is C12H19O5P. The van der Waals surface area contributed by atoms with Crippen molar-refractivity contribution in [2.75, 3.05) is 0 Å². The van der Waals surface area contributed by atoms with Crippen LogP contribution in [-0.4, -0.2) is 11.0 Å². The molecule has 0 amide bonds. The lowest BCUT2D eigenvalue weighted by molar-refractivity contribution is -0.247. The number of rotatable bonds is 6. The molecule has 0 saturated heterocycles. The van der Waals surface area contributed by atoms with E-state index in [-0.39, 0.29) is 11.9 Å². The first-order valence-corrected chi connectivity index (χ1v) is 7.27. The highest BCUT2D eigenvalue weighted by molar-refractivity contribution is 7.47. The maximum Gasteiger partial charge on any atom is 0.555 e. The van der Waals surface area contributed by atoms with Gasteiger partial charge in [0.2, 0.25) is 0 Å². The van der Waals surface area contributed by atoms with Gasteiger partial charge in [-0.3, -0.25) is 4.89 Å². The Morgan fingerprint density at radius 2 is 1.67 bits per heavy atom. The quantitative estimate of drug-likeness (QED) is 0.487. The minimum Gasteiger partial charge on any atom is -0.403 e. The van der Waals surface area contributed by atoms with Crippen LogP contribution in [0.15, 0.2) is 24.3 Å². The highest BCUT2D eigenvalue weighted by Gasteiger charge is 2.25. The van der Waals surface area contributed by atoms with Crippen molar-refractivity contribution in [3.8, 4) is 5.75 Å². The van der Waals surface area contributed by atoms with Gasteiger partial charge in [0.05, 0.1) is 6.10 Å². The summed E-state index contributed by atoms with van der Waals surface area (Å²) >= 11 is 0. The van der Waals surface area contributed by atoms with Gasteiger partial charge in [-0.1, -0.05) is 26.0 Å². The van der Waals surface area contributed by atoms with Crippen LogP contribution in [0.1, 0.15) is 39.2 Å². The van der Waals surface area contributed by atoms with E-state index in [1.807, 2.05) is 12.1 Å². The average molecular weight is 274 g/mol. The second kappa shape index (κ2) is 6.34. The summed E-state index contributed by atoms with van der Waals surface area (Å²) in [6.45, 7) is 7.48. The van der Waals surface area contributed by atoms with Crippen molar-refractivity contribution < 1.29 is 23.5 Å². The van der Waals surface area contributed by atoms with Crippen molar-refractivity contribution in [3.05, 3.63) is 29.8 Å². The van der Waals surface area contributed by atoms with E-state index in [4.69, 9.17) is 4.52 Å². The van der Waals surface area contributed by atoms with Gasteiger partial charge < -0.3 is 4.52 Å². The predicted octanol–water partition coefficient (Wildman–Crippen LogP) is 3.65. The van der Waals surface area contributed by atoms with Gasteiger partial charge in [0.15, 0.2) is 0 Å². The highest BCUT2D eigenvalue weighted by atomic mass is 31.2. The minimum atomic E-state index is -4.23. The molecule has 6 heteroatoms. The number of hydrogen-bond acceptors (Lipinski definition) is 4. The summed E-state index contributed by atoms with van der Waals surface area (Å²) in [5.74, 6) is 0.651. The molecule has 0 saturated carbocycles. The predicted molar refractivity (Wildman–Crippen MR) is 68.3 cm³/mol. The molecule has 1 N–H and O–H groups in total. The van der Waals surface area contributed by atoms with Gasteiger partial charge in [0, 0.05) is 0 Å². The molecule has 1 unspecified atom stereocenters. The van der Waals surface area contributed by atoms with Gasteiger partial charge in [-0.15, -0.1) is 4.67 Å². The lowest BCUT2D eigenvalue weighted by Crippen LogP contribution is -2.05. The molecule has 18 heavy (non-hydrogen) atoms. The molecule has 1 atom stereocenters. The van der Waals surface area contributed by atoms with Crippen molar-refractivity contribution in [1.82, 2.24) is 0 Å². The second-order valence-corrected chi connectivity index (χ2v) is 5.77. The summed E-state index contributed by atoms with van der Waals surface area (Å²) < 4.78 is 20.7. The molecule has 0 aliphatic heterocycles. The van der Waals surface area contributed by atoms with E-state index in [9.17, 15) is 9.46 Å². The first kappa shape index (κ1) is 15.2. The summed E-state index contributed by atoms with van der Waals surface area (Å²) in [5.41, 5.74) is 1.12. The third kappa shape index (κ3) is 5.19. The topological polar surface area (TPSA) is 65.0 Å². The Labute approximate surface area is 107 Å². The van der Waals surface area contributed by atoms with Crippen LogP contribution in [0.25, 0.3) is 0 Å². The second-order valence-electron chi connectivity index (χ2n) is 4.50. The highest BCUT2D eigenvalue weighted by Crippen LogP contribution is 2.44. The van der Waals surface area contributed by atoms with Crippen LogP contribution in [0, 0.1) is 0 Å². The van der Waals surface area contributed by atoms with Crippen LogP contribution in [0.5, 0.6) is 5.75 Å². The molecule has 0 heterocycles. The zero-order valence-electron chi connectivity index (χ0n) is 11.0. The maximum atomic E-state index is 11.5. The third-order valence-electron chi connectivity index (χ3n) is 2.10. The Balaban J connectivity index is 2.63. The van der Waals surface area contributed by atoms with E-state index in [2.05, 4.69) is 23.4 Å². The van der Waals surface area contributed by atoms with Crippen molar-refractivity contribution in [1.29, 1.82) is 0 Å². The van der Waals surface area contributed by atoms with E-state index in [1.54, 1.807) is 26.0 Å². The SMILES string of the molecule is CC(C)OOP(=O)(O)Oc1ccc(C(C)C)cc1. The van der Waals surface area contributed by atoms with E-state index in [0.717, 1.165) is 5.56 Å². The van der Waals surface area contributed by atoms with Gasteiger partial charge in [0.1, 0.15) is 5.75 Å². The Bertz CT molecular complexity index is 413. The molecule has 1 rings (SSSR count). The summed E-state index contributed by atoms with van der Waals surface area (Å²) in [6, 6.07) is 6.92. The first-order chi connectivity index (χ1) is 8.30. The number of hydrogen-bond donors (Lipinski definition) is 1. The fourth-order valence-corrected chi connectivity index (χ4v) is 1.90. The summed E-state index contributed by atoms with van der Waals surface area (Å²) in [7, 11) is -4.23. The van der Waals surface area contributed by atoms with Crippen LogP contribution in [0.2, 0.25) is 0 Å². The molecule has 102 valence electrons. The number of phosphoric ester groups is 1. The zero-order valence-corrected chi connectivity index (χ0v) is 11.9. The van der Waals surface area contributed by atoms with Crippen LogP contribution in [-0.2, 0) is 14.1 Å². The molecule has 0 aromatic heterocycles. The Morgan fingerprint density at radius 3 is 2.11 bits per heavy atom. The van der Waals surface area contributed by atoms with Crippen LogP contribution < -0.4 is 4.52 Å². The van der Waals surface area contributed by atoms with Gasteiger partial charge in [-0.25, -0.2) is 9.45 Å². The van der Waals surface area contributed by atoms with E-state index in [0.29, 0.717) is 5.92 Å². The third-order valence-corrected chi connectivity index (χ3v) is 2.81. The molecule has 0 aliphatic carbocycles. The lowest BCUT2D eigenvalue weighted by Gasteiger charge is -2.14. The Morgan fingerprint density at radius 1 is 1.11 bits per heavy atom. The van der Waals surface area contributed by atoms with Crippen molar-refractivity contribution in [3.63, 3.8) is 0 Å². The zero-order chi connectivity index (χ0) is 13.8. The summed E-state index contributed by atoms with van der Waals surface area (Å²) in [6.07, 6.45) is -0.322. The van der Waals surface area contributed by atoms with Gasteiger partial charge in [0.25, 0.3) is 0 Å². The van der Waals surface area contributed by atoms with Crippen LogP contribution >= 0.6 is 7.82 Å². The molecular weight excluding hydrogens is 255 g/mol. The summed E-state index contributed by atoms with van der Waals surface area (Å²) in [4.78, 5) is 14.0. The molecule has 1 aromatic rings. The molecule has 0 fully saturated rings. The minimum absolute atomic E-state index is 0.262. The number of phosphoric acid groups is 1. The fourth-order valence-electron chi connectivity index (χ4n) is 1.20. The Kier molecular flexibility index (Phi) is 5.35. The van der Waals surface area contributed by atoms with E-state index < -0.39 is 7.82 Å². The van der Waals surface area contributed by atoms with Crippen molar-refractivity contribution >= 4 is 7.82 Å². The van der Waals surface area contributed by atoms with Gasteiger partial charge >= 0.3 is 7.82 Å². The number of benzene rings is 1. The molecule has 0 radical (unpaired) electrons. The smallest absolute Gasteiger partial charge is 0.403 e. The Hall–Kier alpha value is -0.870. The fraction of sp³-hybridized carbons (Fsp3) is 0.500. The molecule has 0 aliphatic rings. The molecule has 0 bridgehead atoms. The van der Waals surface area contributed by atoms with Crippen LogP contribution in [0.3, 0.4) is 0 Å². The molecule has 1 aromatic carbocycles. The van der Waals surface area contributed by atoms with Crippen molar-refractivity contribution in [2.24, 2.45) is 0 Å². The summed E-state index contributed by atoms with van der Waals surface area (Å²) in [5, 5.41) is 0. The van der Waals surface area contributed by atoms with Gasteiger partial charge in [-0.05, 0) is 37.5 Å². The normalized spacial score (nSPS) is 14.8. The molecule has 5 nitrogen and oxygen atoms in total. The van der Waals surface area contributed by atoms with E-state index >= 15 is 0 Å². The van der Waals surface area contributed by atoms with Gasteiger partial charge in [-0.2, -0.15) is 0 Å².